The van der Waals surface area contributed by atoms with Crippen molar-refractivity contribution in [3.05, 3.63) is 91.9 Å². The number of anilines is 2. The summed E-state index contributed by atoms with van der Waals surface area (Å²) >= 11 is 25.8. The lowest BCUT2D eigenvalue weighted by Crippen LogP contribution is -2.55. The van der Waals surface area contributed by atoms with E-state index < -0.39 is 11.8 Å². The van der Waals surface area contributed by atoms with Gasteiger partial charge >= 0.3 is 0 Å². The van der Waals surface area contributed by atoms with Gasteiger partial charge in [0.1, 0.15) is 0 Å². The van der Waals surface area contributed by atoms with E-state index in [0.29, 0.717) is 83.6 Å². The normalized spacial score (nSPS) is 15.5. The first-order valence-corrected chi connectivity index (χ1v) is 20.2. The molecular formula is C42H46Cl4N4O8. The molecular weight excluding hydrogens is 830 g/mol. The van der Waals surface area contributed by atoms with Gasteiger partial charge in [-0.25, -0.2) is 0 Å². The van der Waals surface area contributed by atoms with E-state index in [4.69, 9.17) is 65.4 Å². The molecule has 0 unspecified atom stereocenters. The summed E-state index contributed by atoms with van der Waals surface area (Å²) in [6.07, 6.45) is 0.208. The Morgan fingerprint density at radius 1 is 0.552 bits per heavy atom. The maximum absolute atomic E-state index is 15.1. The smallest absolute Gasteiger partial charge is 0.226 e. The number of amides is 2. The fraction of sp³-hybridized carbons (Fsp3) is 0.381. The van der Waals surface area contributed by atoms with Crippen LogP contribution in [-0.4, -0.2) is 113 Å². The van der Waals surface area contributed by atoms with Crippen LogP contribution in [0, 0.1) is 11.8 Å². The molecule has 16 heteroatoms. The maximum atomic E-state index is 15.1. The van der Waals surface area contributed by atoms with Crippen molar-refractivity contribution >= 4 is 69.6 Å². The quantitative estimate of drug-likeness (QED) is 0.140. The van der Waals surface area contributed by atoms with Crippen molar-refractivity contribution in [2.24, 2.45) is 11.8 Å². The summed E-state index contributed by atoms with van der Waals surface area (Å²) in [5.41, 5.74) is 2.80. The number of methoxy groups -OCH3 is 4. The van der Waals surface area contributed by atoms with Crippen molar-refractivity contribution in [2.75, 3.05) is 90.6 Å². The van der Waals surface area contributed by atoms with Crippen molar-refractivity contribution in [3.63, 3.8) is 0 Å². The van der Waals surface area contributed by atoms with Crippen LogP contribution in [0.15, 0.2) is 60.7 Å². The Morgan fingerprint density at radius 2 is 0.862 bits per heavy atom. The van der Waals surface area contributed by atoms with Gasteiger partial charge in [0, 0.05) is 52.4 Å². The van der Waals surface area contributed by atoms with Crippen molar-refractivity contribution in [3.8, 4) is 34.5 Å². The van der Waals surface area contributed by atoms with E-state index in [1.54, 1.807) is 46.2 Å². The molecule has 6 rings (SSSR count). The van der Waals surface area contributed by atoms with Crippen LogP contribution < -0.4 is 28.7 Å². The molecule has 0 spiro atoms. The fourth-order valence-corrected chi connectivity index (χ4v) is 8.55. The number of ether oxygens (including phenoxy) is 4. The predicted molar refractivity (Wildman–Crippen MR) is 227 cm³/mol. The number of halogens is 4. The van der Waals surface area contributed by atoms with Gasteiger partial charge in [-0.05, 0) is 72.5 Å². The molecule has 0 aromatic heterocycles. The SMILES string of the molecule is COc1cc(C[C@H](C(=O)N2CCN(c3cccc(Cl)c3Cl)CC2)[C@@H](Cc2cc(OC)c(O)c(OC)c2)C(=O)N2CCN(c3cccc(Cl)c3Cl)CC2)cc(OC)c1O. The monoisotopic (exact) mass is 874 g/mol. The van der Waals surface area contributed by atoms with Gasteiger partial charge in [-0.3, -0.25) is 9.59 Å². The van der Waals surface area contributed by atoms with Crippen LogP contribution in [-0.2, 0) is 22.4 Å². The van der Waals surface area contributed by atoms with E-state index in [1.165, 1.54) is 28.4 Å². The summed E-state index contributed by atoms with van der Waals surface area (Å²) in [7, 11) is 5.73. The van der Waals surface area contributed by atoms with Gasteiger partial charge in [0.15, 0.2) is 23.0 Å². The number of phenols is 2. The summed E-state index contributed by atoms with van der Waals surface area (Å²) in [4.78, 5) is 38.0. The van der Waals surface area contributed by atoms with Crippen molar-refractivity contribution in [2.45, 2.75) is 12.8 Å². The molecule has 4 aromatic carbocycles. The molecule has 0 bridgehead atoms. The Balaban J connectivity index is 1.38. The number of hydrogen-bond donors (Lipinski definition) is 2. The van der Waals surface area contributed by atoms with Crippen LogP contribution in [0.4, 0.5) is 11.4 Å². The lowest BCUT2D eigenvalue weighted by molar-refractivity contribution is -0.146. The number of carbonyl (C=O) groups excluding carboxylic acids is 2. The first kappa shape index (κ1) is 43.0. The van der Waals surface area contributed by atoms with E-state index in [2.05, 4.69) is 9.80 Å². The number of carbonyl (C=O) groups is 2. The number of benzene rings is 4. The van der Waals surface area contributed by atoms with Crippen LogP contribution in [0.5, 0.6) is 34.5 Å². The van der Waals surface area contributed by atoms with Gasteiger partial charge in [0.2, 0.25) is 23.3 Å². The largest absolute Gasteiger partial charge is 0.502 e. The van der Waals surface area contributed by atoms with Crippen LogP contribution in [0.1, 0.15) is 11.1 Å². The number of nitrogens with zero attached hydrogens (tertiary/aromatic N) is 4. The minimum atomic E-state index is -0.904. The first-order valence-electron chi connectivity index (χ1n) is 18.7. The molecule has 2 amide bonds. The Hall–Kier alpha value is -4.62. The highest BCUT2D eigenvalue weighted by molar-refractivity contribution is 6.44. The van der Waals surface area contributed by atoms with Crippen LogP contribution in [0.25, 0.3) is 0 Å². The van der Waals surface area contributed by atoms with Gasteiger partial charge in [-0.1, -0.05) is 58.5 Å². The molecule has 2 aliphatic heterocycles. The van der Waals surface area contributed by atoms with E-state index in [1.807, 2.05) is 24.3 Å². The highest BCUT2D eigenvalue weighted by atomic mass is 35.5. The standard InChI is InChI=1S/C42H46Cl4N4O8/c1-55-33-21-25(22-34(56-2)39(33)51)19-27(41(53)49-15-11-47(12-16-49)31-9-5-7-29(43)37(31)45)28(20-26-23-35(57-3)40(52)36(24-26)58-4)42(54)50-17-13-48(14-18-50)32-10-6-8-30(44)38(32)46/h5-10,21-24,27-28,51-52H,11-20H2,1-4H3/t27-,28+. The van der Waals surface area contributed by atoms with Crippen molar-refractivity contribution in [1.82, 2.24) is 9.80 Å². The minimum absolute atomic E-state index is 0.104. The second-order valence-corrected chi connectivity index (χ2v) is 15.7. The summed E-state index contributed by atoms with van der Waals surface area (Å²) in [5.74, 6) is -1.94. The van der Waals surface area contributed by atoms with E-state index in [9.17, 15) is 10.2 Å². The van der Waals surface area contributed by atoms with Gasteiger partial charge < -0.3 is 48.8 Å². The fourth-order valence-electron chi connectivity index (χ4n) is 7.72. The molecule has 58 heavy (non-hydrogen) atoms. The zero-order valence-corrected chi connectivity index (χ0v) is 35.7. The number of rotatable bonds is 13. The third-order valence-corrected chi connectivity index (χ3v) is 12.5. The molecule has 0 radical (unpaired) electrons. The number of phenolic OH excluding ortho intramolecular Hbond substituents is 2. The first-order chi connectivity index (χ1) is 27.9. The summed E-state index contributed by atoms with van der Waals surface area (Å²) < 4.78 is 21.9. The van der Waals surface area contributed by atoms with E-state index in [-0.39, 0.29) is 59.2 Å². The highest BCUT2D eigenvalue weighted by Crippen LogP contribution is 2.42. The van der Waals surface area contributed by atoms with Crippen LogP contribution >= 0.6 is 46.4 Å². The Kier molecular flexibility index (Phi) is 14.1. The number of piperazine rings is 2. The lowest BCUT2D eigenvalue weighted by Gasteiger charge is -2.41. The molecule has 2 fully saturated rings. The number of aromatic hydroxyl groups is 2. The molecule has 2 N–H and O–H groups in total. The zero-order valence-electron chi connectivity index (χ0n) is 32.6. The maximum Gasteiger partial charge on any atom is 0.226 e. The van der Waals surface area contributed by atoms with Crippen molar-refractivity contribution in [1.29, 1.82) is 0 Å². The molecule has 2 saturated heterocycles. The van der Waals surface area contributed by atoms with Gasteiger partial charge in [0.05, 0.1) is 71.7 Å². The van der Waals surface area contributed by atoms with Gasteiger partial charge in [-0.2, -0.15) is 0 Å². The molecule has 12 nitrogen and oxygen atoms in total. The Morgan fingerprint density at radius 3 is 1.16 bits per heavy atom. The lowest BCUT2D eigenvalue weighted by atomic mass is 9.80. The predicted octanol–water partition coefficient (Wildman–Crippen LogP) is 7.46. The van der Waals surface area contributed by atoms with E-state index in [0.717, 1.165) is 11.4 Å². The van der Waals surface area contributed by atoms with Crippen LogP contribution in [0.2, 0.25) is 20.1 Å². The number of hydrogen-bond acceptors (Lipinski definition) is 10. The summed E-state index contributed by atoms with van der Waals surface area (Å²) in [6, 6.07) is 17.5. The molecule has 2 heterocycles. The summed E-state index contributed by atoms with van der Waals surface area (Å²) in [6.45, 7) is 3.39. The third kappa shape index (κ3) is 9.15. The van der Waals surface area contributed by atoms with Gasteiger partial charge in [-0.15, -0.1) is 0 Å². The second kappa shape index (κ2) is 19.0. The average molecular weight is 877 g/mol. The topological polar surface area (TPSA) is 124 Å². The molecule has 2 aliphatic rings. The molecule has 0 saturated carbocycles. The third-order valence-electron chi connectivity index (χ3n) is 10.8. The average Bonchev–Trinajstić information content (AvgIpc) is 3.24. The minimum Gasteiger partial charge on any atom is -0.502 e. The molecule has 2 atom stereocenters. The van der Waals surface area contributed by atoms with Gasteiger partial charge in [0.25, 0.3) is 0 Å². The van der Waals surface area contributed by atoms with Crippen molar-refractivity contribution < 1.29 is 38.7 Å². The second-order valence-electron chi connectivity index (χ2n) is 14.1. The Labute approximate surface area is 358 Å². The zero-order chi connectivity index (χ0) is 41.7. The van der Waals surface area contributed by atoms with Crippen LogP contribution in [0.3, 0.4) is 0 Å². The highest BCUT2D eigenvalue weighted by Gasteiger charge is 2.41. The molecule has 4 aromatic rings. The Bertz CT molecular complexity index is 1930. The molecule has 310 valence electrons. The molecule has 0 aliphatic carbocycles. The van der Waals surface area contributed by atoms with E-state index >= 15 is 9.59 Å². The summed E-state index contributed by atoms with van der Waals surface area (Å²) in [5, 5.41) is 23.3.